The number of benzene rings is 1. The van der Waals surface area contributed by atoms with Crippen LogP contribution < -0.4 is 5.56 Å². The fourth-order valence-electron chi connectivity index (χ4n) is 1.32. The second kappa shape index (κ2) is 3.98. The van der Waals surface area contributed by atoms with E-state index in [-0.39, 0.29) is 5.88 Å². The molecule has 1 aromatic heterocycles. The van der Waals surface area contributed by atoms with E-state index in [1.807, 2.05) is 13.0 Å². The molecule has 0 aliphatic carbocycles. The van der Waals surface area contributed by atoms with Crippen molar-refractivity contribution in [3.63, 3.8) is 0 Å². The van der Waals surface area contributed by atoms with Crippen LogP contribution in [0, 0.1) is 6.92 Å². The normalized spacial score (nSPS) is 10.4. The Morgan fingerprint density at radius 3 is 2.75 bits per heavy atom. The van der Waals surface area contributed by atoms with Gasteiger partial charge in [0.25, 0.3) is 5.56 Å². The van der Waals surface area contributed by atoms with Crippen LogP contribution in [0.4, 0.5) is 0 Å². The summed E-state index contributed by atoms with van der Waals surface area (Å²) in [6.07, 6.45) is 0. The van der Waals surface area contributed by atoms with Crippen molar-refractivity contribution in [3.8, 4) is 17.3 Å². The van der Waals surface area contributed by atoms with Crippen molar-refractivity contribution in [1.82, 2.24) is 9.97 Å². The SMILES string of the molecule is Cc1ccc(-c2nc(O)cc(=O)[nH]2)cc1Cl. The molecule has 0 spiro atoms. The maximum absolute atomic E-state index is 11.1. The highest BCUT2D eigenvalue weighted by Gasteiger charge is 2.05. The maximum Gasteiger partial charge on any atom is 0.254 e. The first-order chi connectivity index (χ1) is 7.56. The first-order valence-electron chi connectivity index (χ1n) is 4.63. The predicted octanol–water partition coefficient (Wildman–Crippen LogP) is 2.10. The van der Waals surface area contributed by atoms with Crippen LogP contribution in [0.1, 0.15) is 5.56 Å². The van der Waals surface area contributed by atoms with Crippen molar-refractivity contribution in [1.29, 1.82) is 0 Å². The fraction of sp³-hybridized carbons (Fsp3) is 0.0909. The van der Waals surface area contributed by atoms with Gasteiger partial charge in [-0.15, -0.1) is 0 Å². The van der Waals surface area contributed by atoms with E-state index in [1.165, 1.54) is 0 Å². The molecule has 0 fully saturated rings. The zero-order valence-electron chi connectivity index (χ0n) is 8.49. The number of aryl methyl sites for hydroxylation is 1. The first kappa shape index (κ1) is 10.7. The molecule has 0 amide bonds. The number of aromatic nitrogens is 2. The minimum Gasteiger partial charge on any atom is -0.493 e. The molecule has 2 rings (SSSR count). The van der Waals surface area contributed by atoms with Crippen molar-refractivity contribution >= 4 is 11.6 Å². The summed E-state index contributed by atoms with van der Waals surface area (Å²) < 4.78 is 0. The molecule has 82 valence electrons. The van der Waals surface area contributed by atoms with Gasteiger partial charge in [0.15, 0.2) is 0 Å². The van der Waals surface area contributed by atoms with Crippen LogP contribution in [0.5, 0.6) is 5.88 Å². The lowest BCUT2D eigenvalue weighted by Gasteiger charge is -2.03. The highest BCUT2D eigenvalue weighted by atomic mass is 35.5. The number of hydrogen-bond donors (Lipinski definition) is 2. The molecule has 2 N–H and O–H groups in total. The van der Waals surface area contributed by atoms with Gasteiger partial charge in [0.2, 0.25) is 5.88 Å². The molecule has 0 atom stereocenters. The van der Waals surface area contributed by atoms with Crippen LogP contribution in [-0.4, -0.2) is 15.1 Å². The third-order valence-electron chi connectivity index (χ3n) is 2.17. The summed E-state index contributed by atoms with van der Waals surface area (Å²) in [5.41, 5.74) is 1.19. The van der Waals surface area contributed by atoms with E-state index >= 15 is 0 Å². The molecule has 1 aromatic carbocycles. The molecule has 2 aromatic rings. The van der Waals surface area contributed by atoms with E-state index in [0.717, 1.165) is 11.6 Å². The predicted molar refractivity (Wildman–Crippen MR) is 61.7 cm³/mol. The Morgan fingerprint density at radius 2 is 2.12 bits per heavy atom. The number of nitrogens with zero attached hydrogens (tertiary/aromatic N) is 1. The molecule has 0 saturated carbocycles. The van der Waals surface area contributed by atoms with Crippen LogP contribution in [-0.2, 0) is 0 Å². The summed E-state index contributed by atoms with van der Waals surface area (Å²) in [5.74, 6) is -0.0117. The Kier molecular flexibility index (Phi) is 2.66. The van der Waals surface area contributed by atoms with E-state index in [1.54, 1.807) is 12.1 Å². The van der Waals surface area contributed by atoms with Gasteiger partial charge in [-0.3, -0.25) is 4.79 Å². The van der Waals surface area contributed by atoms with E-state index < -0.39 is 5.56 Å². The van der Waals surface area contributed by atoms with Crippen LogP contribution in [0.2, 0.25) is 5.02 Å². The quantitative estimate of drug-likeness (QED) is 0.797. The van der Waals surface area contributed by atoms with Crippen LogP contribution in [0.25, 0.3) is 11.4 Å². The van der Waals surface area contributed by atoms with Gasteiger partial charge in [-0.2, -0.15) is 4.98 Å². The van der Waals surface area contributed by atoms with Crippen molar-refractivity contribution in [2.24, 2.45) is 0 Å². The molecule has 5 heteroatoms. The Balaban J connectivity index is 2.58. The maximum atomic E-state index is 11.1. The summed E-state index contributed by atoms with van der Waals surface area (Å²) in [6.45, 7) is 1.88. The standard InChI is InChI=1S/C11H9ClN2O2/c1-6-2-3-7(4-8(6)12)11-13-9(15)5-10(16)14-11/h2-5H,1H3,(H2,13,14,15,16). The number of hydrogen-bond acceptors (Lipinski definition) is 3. The average molecular weight is 237 g/mol. The topological polar surface area (TPSA) is 66.0 Å². The van der Waals surface area contributed by atoms with Crippen LogP contribution in [0.15, 0.2) is 29.1 Å². The number of aromatic hydroxyl groups is 1. The lowest BCUT2D eigenvalue weighted by atomic mass is 10.1. The molecule has 0 aliphatic rings. The number of halogens is 1. The average Bonchev–Trinajstić information content (AvgIpc) is 2.20. The lowest BCUT2D eigenvalue weighted by Crippen LogP contribution is -2.06. The summed E-state index contributed by atoms with van der Waals surface area (Å²) >= 11 is 5.96. The third kappa shape index (κ3) is 2.06. The number of H-pyrrole nitrogens is 1. The van der Waals surface area contributed by atoms with Crippen molar-refractivity contribution < 1.29 is 5.11 Å². The molecule has 0 radical (unpaired) electrons. The summed E-state index contributed by atoms with van der Waals surface area (Å²) in [5, 5.41) is 9.80. The molecule has 0 saturated heterocycles. The van der Waals surface area contributed by atoms with E-state index in [4.69, 9.17) is 11.6 Å². The molecule has 0 aliphatic heterocycles. The Morgan fingerprint density at radius 1 is 1.38 bits per heavy atom. The minimum atomic E-state index is -0.404. The monoisotopic (exact) mass is 236 g/mol. The van der Waals surface area contributed by atoms with E-state index in [9.17, 15) is 9.90 Å². The van der Waals surface area contributed by atoms with Crippen molar-refractivity contribution in [2.45, 2.75) is 6.92 Å². The van der Waals surface area contributed by atoms with Gasteiger partial charge in [0.05, 0.1) is 6.07 Å². The van der Waals surface area contributed by atoms with Gasteiger partial charge < -0.3 is 10.1 Å². The van der Waals surface area contributed by atoms with Gasteiger partial charge in [0, 0.05) is 10.6 Å². The summed E-state index contributed by atoms with van der Waals surface area (Å²) in [6, 6.07) is 6.30. The van der Waals surface area contributed by atoms with Crippen LogP contribution in [0.3, 0.4) is 0 Å². The number of aromatic amines is 1. The number of nitrogens with one attached hydrogen (secondary N) is 1. The fourth-order valence-corrected chi connectivity index (χ4v) is 1.50. The number of rotatable bonds is 1. The Hall–Kier alpha value is -1.81. The van der Waals surface area contributed by atoms with Gasteiger partial charge in [-0.05, 0) is 18.6 Å². The van der Waals surface area contributed by atoms with Gasteiger partial charge in [0.1, 0.15) is 5.82 Å². The second-order valence-corrected chi connectivity index (χ2v) is 3.82. The molecular weight excluding hydrogens is 228 g/mol. The van der Waals surface area contributed by atoms with E-state index in [2.05, 4.69) is 9.97 Å². The van der Waals surface area contributed by atoms with Gasteiger partial charge in [-0.1, -0.05) is 23.7 Å². The zero-order chi connectivity index (χ0) is 11.7. The smallest absolute Gasteiger partial charge is 0.254 e. The second-order valence-electron chi connectivity index (χ2n) is 3.42. The Bertz CT molecular complexity index is 593. The highest BCUT2D eigenvalue weighted by molar-refractivity contribution is 6.31. The van der Waals surface area contributed by atoms with Crippen molar-refractivity contribution in [3.05, 3.63) is 45.2 Å². The largest absolute Gasteiger partial charge is 0.493 e. The minimum absolute atomic E-state index is 0.298. The van der Waals surface area contributed by atoms with Gasteiger partial charge >= 0.3 is 0 Å². The third-order valence-corrected chi connectivity index (χ3v) is 2.58. The Labute approximate surface area is 96.6 Å². The first-order valence-corrected chi connectivity index (χ1v) is 5.01. The van der Waals surface area contributed by atoms with Crippen LogP contribution >= 0.6 is 11.6 Å². The molecule has 1 heterocycles. The highest BCUT2D eigenvalue weighted by Crippen LogP contribution is 2.22. The molecule has 0 unspecified atom stereocenters. The van der Waals surface area contributed by atoms with Crippen molar-refractivity contribution in [2.75, 3.05) is 0 Å². The molecule has 4 nitrogen and oxygen atoms in total. The molecule has 16 heavy (non-hydrogen) atoms. The lowest BCUT2D eigenvalue weighted by molar-refractivity contribution is 0.452. The summed E-state index contributed by atoms with van der Waals surface area (Å²) in [7, 11) is 0. The molecular formula is C11H9ClN2O2. The zero-order valence-corrected chi connectivity index (χ0v) is 9.25. The summed E-state index contributed by atoms with van der Waals surface area (Å²) in [4.78, 5) is 17.5. The molecule has 0 bridgehead atoms. The van der Waals surface area contributed by atoms with E-state index in [0.29, 0.717) is 16.4 Å². The van der Waals surface area contributed by atoms with Gasteiger partial charge in [-0.25, -0.2) is 0 Å².